The van der Waals surface area contributed by atoms with Crippen LogP contribution in [0.4, 0.5) is 11.4 Å². The van der Waals surface area contributed by atoms with Gasteiger partial charge in [0.05, 0.1) is 15.3 Å². The normalized spacial score (nSPS) is 11.9. The summed E-state index contributed by atoms with van der Waals surface area (Å²) in [5, 5.41) is 9.03. The third-order valence-corrected chi connectivity index (χ3v) is 7.88. The third-order valence-electron chi connectivity index (χ3n) is 5.70. The topological polar surface area (TPSA) is 87.3 Å². The maximum atomic E-state index is 13.3. The molecule has 0 saturated carbocycles. The van der Waals surface area contributed by atoms with Gasteiger partial charge in [0.25, 0.3) is 11.8 Å². The number of benzene rings is 4. The Morgan fingerprint density at radius 3 is 2.20 bits per heavy atom. The molecule has 4 aromatic rings. The van der Waals surface area contributed by atoms with Gasteiger partial charge in [-0.1, -0.05) is 71.2 Å². The minimum atomic E-state index is -0.556. The predicted molar refractivity (Wildman–Crippen MR) is 169 cm³/mol. The first kappa shape index (κ1) is 30.2. The van der Waals surface area contributed by atoms with E-state index in [1.807, 2.05) is 0 Å². The summed E-state index contributed by atoms with van der Waals surface area (Å²) in [4.78, 5) is 39.6. The van der Waals surface area contributed by atoms with Crippen LogP contribution >= 0.6 is 46.6 Å². The summed E-state index contributed by atoms with van der Waals surface area (Å²) < 4.78 is 0. The number of hydrogen-bond donors (Lipinski definition) is 3. The van der Waals surface area contributed by atoms with Crippen molar-refractivity contribution in [3.8, 4) is 0 Å². The van der Waals surface area contributed by atoms with E-state index in [2.05, 4.69) is 16.0 Å². The molecule has 41 heavy (non-hydrogen) atoms. The lowest BCUT2D eigenvalue weighted by atomic mass is 10.1. The standard InChI is InChI=1S/C31H24Cl3N3O3S/c1-19(29(38)36-24-11-6-10-22(32)18-24)41-25-15-13-23(14-16-25)35-31(40)27(17-21-9-5-12-26(33)28(21)34)37-30(39)20-7-3-2-4-8-20/h2-19H,1H3,(H,35,40)(H,36,38)(H,37,39)/b27-17-. The number of carbonyl (C=O) groups is 3. The number of amides is 3. The summed E-state index contributed by atoms with van der Waals surface area (Å²) >= 11 is 19.8. The zero-order valence-corrected chi connectivity index (χ0v) is 24.7. The summed E-state index contributed by atoms with van der Waals surface area (Å²) in [7, 11) is 0. The Labute approximate surface area is 257 Å². The van der Waals surface area contributed by atoms with Crippen molar-refractivity contribution in [2.24, 2.45) is 0 Å². The van der Waals surface area contributed by atoms with Crippen LogP contribution in [0.5, 0.6) is 0 Å². The lowest BCUT2D eigenvalue weighted by Crippen LogP contribution is -2.30. The first-order chi connectivity index (χ1) is 19.7. The van der Waals surface area contributed by atoms with E-state index in [1.165, 1.54) is 17.8 Å². The molecular formula is C31H24Cl3N3O3S. The quantitative estimate of drug-likeness (QED) is 0.129. The van der Waals surface area contributed by atoms with E-state index >= 15 is 0 Å². The molecule has 4 aromatic carbocycles. The summed E-state index contributed by atoms with van der Waals surface area (Å²) in [5.74, 6) is -1.18. The minimum Gasteiger partial charge on any atom is -0.325 e. The monoisotopic (exact) mass is 623 g/mol. The van der Waals surface area contributed by atoms with Crippen molar-refractivity contribution in [2.75, 3.05) is 10.6 Å². The van der Waals surface area contributed by atoms with E-state index < -0.39 is 11.8 Å². The fourth-order valence-electron chi connectivity index (χ4n) is 3.61. The second kappa shape index (κ2) is 14.2. The highest BCUT2D eigenvalue weighted by molar-refractivity contribution is 8.00. The van der Waals surface area contributed by atoms with Crippen LogP contribution < -0.4 is 16.0 Å². The zero-order chi connectivity index (χ0) is 29.4. The van der Waals surface area contributed by atoms with E-state index in [1.54, 1.807) is 104 Å². The lowest BCUT2D eigenvalue weighted by molar-refractivity contribution is -0.115. The maximum Gasteiger partial charge on any atom is 0.272 e. The van der Waals surface area contributed by atoms with Crippen LogP contribution in [0.3, 0.4) is 0 Å². The summed E-state index contributed by atoms with van der Waals surface area (Å²) in [6.45, 7) is 1.80. The minimum absolute atomic E-state index is 0.0206. The smallest absolute Gasteiger partial charge is 0.272 e. The van der Waals surface area contributed by atoms with E-state index in [-0.39, 0.29) is 21.9 Å². The molecule has 4 rings (SSSR count). The molecule has 0 aliphatic rings. The molecule has 0 aromatic heterocycles. The van der Waals surface area contributed by atoms with Crippen LogP contribution in [0, 0.1) is 0 Å². The number of thioether (sulfide) groups is 1. The van der Waals surface area contributed by atoms with Crippen molar-refractivity contribution >= 4 is 81.7 Å². The Morgan fingerprint density at radius 2 is 1.49 bits per heavy atom. The number of carbonyl (C=O) groups excluding carboxylic acids is 3. The molecule has 0 fully saturated rings. The van der Waals surface area contributed by atoms with Crippen molar-refractivity contribution < 1.29 is 14.4 Å². The van der Waals surface area contributed by atoms with Gasteiger partial charge in [-0.2, -0.15) is 0 Å². The van der Waals surface area contributed by atoms with Gasteiger partial charge in [-0.3, -0.25) is 14.4 Å². The Morgan fingerprint density at radius 1 is 0.780 bits per heavy atom. The van der Waals surface area contributed by atoms with Crippen LogP contribution in [0.25, 0.3) is 6.08 Å². The highest BCUT2D eigenvalue weighted by Crippen LogP contribution is 2.28. The van der Waals surface area contributed by atoms with Crippen LogP contribution in [0.2, 0.25) is 15.1 Å². The molecule has 1 atom stereocenters. The molecule has 0 spiro atoms. The Balaban J connectivity index is 1.46. The highest BCUT2D eigenvalue weighted by atomic mass is 35.5. The second-order valence-corrected chi connectivity index (χ2v) is 11.4. The van der Waals surface area contributed by atoms with Gasteiger partial charge in [0, 0.05) is 26.9 Å². The Kier molecular flexibility index (Phi) is 10.5. The molecule has 0 saturated heterocycles. The average Bonchev–Trinajstić information content (AvgIpc) is 2.96. The van der Waals surface area contributed by atoms with Crippen molar-refractivity contribution in [3.63, 3.8) is 0 Å². The van der Waals surface area contributed by atoms with Gasteiger partial charge in [0.15, 0.2) is 0 Å². The summed E-state index contributed by atoms with van der Waals surface area (Å²) in [6.07, 6.45) is 1.47. The van der Waals surface area contributed by atoms with E-state index in [9.17, 15) is 14.4 Å². The van der Waals surface area contributed by atoms with Crippen LogP contribution in [-0.2, 0) is 9.59 Å². The molecule has 0 aliphatic heterocycles. The molecule has 3 amide bonds. The largest absolute Gasteiger partial charge is 0.325 e. The average molecular weight is 625 g/mol. The van der Waals surface area contributed by atoms with Crippen LogP contribution in [0.1, 0.15) is 22.8 Å². The predicted octanol–water partition coefficient (Wildman–Crippen LogP) is 8.18. The molecule has 6 nitrogen and oxygen atoms in total. The molecule has 0 radical (unpaired) electrons. The molecule has 208 valence electrons. The van der Waals surface area contributed by atoms with E-state index in [0.29, 0.717) is 32.5 Å². The number of hydrogen-bond acceptors (Lipinski definition) is 4. The molecule has 1 unspecified atom stereocenters. The van der Waals surface area contributed by atoms with Gasteiger partial charge in [-0.25, -0.2) is 0 Å². The van der Waals surface area contributed by atoms with Gasteiger partial charge >= 0.3 is 0 Å². The van der Waals surface area contributed by atoms with Crippen molar-refractivity contribution in [1.29, 1.82) is 0 Å². The SMILES string of the molecule is CC(Sc1ccc(NC(=O)/C(=C/c2cccc(Cl)c2Cl)NC(=O)c2ccccc2)cc1)C(=O)Nc1cccc(Cl)c1. The molecule has 3 N–H and O–H groups in total. The van der Waals surface area contributed by atoms with Gasteiger partial charge in [-0.15, -0.1) is 11.8 Å². The van der Waals surface area contributed by atoms with Crippen molar-refractivity contribution in [3.05, 3.63) is 129 Å². The van der Waals surface area contributed by atoms with Gasteiger partial charge in [-0.05, 0) is 79.2 Å². The summed E-state index contributed by atoms with van der Waals surface area (Å²) in [5.41, 5.74) is 1.95. The van der Waals surface area contributed by atoms with Crippen molar-refractivity contribution in [2.45, 2.75) is 17.1 Å². The fraction of sp³-hybridized carbons (Fsp3) is 0.0645. The molecule has 0 bridgehead atoms. The van der Waals surface area contributed by atoms with Gasteiger partial charge < -0.3 is 16.0 Å². The molecule has 10 heteroatoms. The number of nitrogens with one attached hydrogen (secondary N) is 3. The Hall–Kier alpha value is -3.75. The summed E-state index contributed by atoms with van der Waals surface area (Å²) in [6, 6.07) is 27.5. The van der Waals surface area contributed by atoms with Crippen LogP contribution in [-0.4, -0.2) is 23.0 Å². The highest BCUT2D eigenvalue weighted by Gasteiger charge is 2.18. The number of anilines is 2. The van der Waals surface area contributed by atoms with Crippen molar-refractivity contribution in [1.82, 2.24) is 5.32 Å². The zero-order valence-electron chi connectivity index (χ0n) is 21.7. The van der Waals surface area contributed by atoms with Gasteiger partial charge in [0.2, 0.25) is 5.91 Å². The molecular weight excluding hydrogens is 601 g/mol. The number of rotatable bonds is 9. The van der Waals surface area contributed by atoms with E-state index in [4.69, 9.17) is 34.8 Å². The fourth-order valence-corrected chi connectivity index (χ4v) is 5.03. The number of halogens is 3. The second-order valence-electron chi connectivity index (χ2n) is 8.76. The van der Waals surface area contributed by atoms with Gasteiger partial charge in [0.1, 0.15) is 5.70 Å². The first-order valence-corrected chi connectivity index (χ1v) is 14.4. The molecule has 0 heterocycles. The van der Waals surface area contributed by atoms with Crippen LogP contribution in [0.15, 0.2) is 108 Å². The maximum absolute atomic E-state index is 13.3. The lowest BCUT2D eigenvalue weighted by Gasteiger charge is -2.14. The third kappa shape index (κ3) is 8.62. The van der Waals surface area contributed by atoms with E-state index in [0.717, 1.165) is 4.90 Å². The molecule has 0 aliphatic carbocycles. The Bertz CT molecular complexity index is 1600. The first-order valence-electron chi connectivity index (χ1n) is 12.4.